The fourth-order valence-electron chi connectivity index (χ4n) is 1.76. The molecule has 2 aromatic rings. The number of hydrogen-bond donors (Lipinski definition) is 1. The van der Waals surface area contributed by atoms with Crippen LogP contribution in [0.15, 0.2) is 34.9 Å². The standard InChI is InChI=1S/C15H19ClN2O/c1-11(2)9-17-8-7-15-18-10-14(19-15)12-3-5-13(16)6-4-12/h3-6,10-11,17H,7-9H2,1-2H3. The molecule has 0 bridgehead atoms. The fraction of sp³-hybridized carbons (Fsp3) is 0.400. The van der Waals surface area contributed by atoms with Crippen LogP contribution in [0.3, 0.4) is 0 Å². The Labute approximate surface area is 119 Å². The van der Waals surface area contributed by atoms with E-state index in [-0.39, 0.29) is 0 Å². The van der Waals surface area contributed by atoms with Crippen molar-refractivity contribution in [2.24, 2.45) is 5.92 Å². The summed E-state index contributed by atoms with van der Waals surface area (Å²) in [5.41, 5.74) is 0.998. The van der Waals surface area contributed by atoms with Crippen LogP contribution in [0.25, 0.3) is 11.3 Å². The summed E-state index contributed by atoms with van der Waals surface area (Å²) in [6.45, 7) is 6.29. The summed E-state index contributed by atoms with van der Waals surface area (Å²) in [7, 11) is 0. The lowest BCUT2D eigenvalue weighted by Gasteiger charge is -2.05. The molecule has 0 unspecified atom stereocenters. The zero-order valence-electron chi connectivity index (χ0n) is 11.3. The highest BCUT2D eigenvalue weighted by Crippen LogP contribution is 2.22. The highest BCUT2D eigenvalue weighted by molar-refractivity contribution is 6.30. The topological polar surface area (TPSA) is 38.1 Å². The van der Waals surface area contributed by atoms with Gasteiger partial charge in [0.15, 0.2) is 11.7 Å². The lowest BCUT2D eigenvalue weighted by Crippen LogP contribution is -2.22. The average Bonchev–Trinajstić information content (AvgIpc) is 2.84. The summed E-state index contributed by atoms with van der Waals surface area (Å²) in [6, 6.07) is 7.57. The van der Waals surface area contributed by atoms with Crippen molar-refractivity contribution in [2.45, 2.75) is 20.3 Å². The molecule has 0 saturated heterocycles. The molecule has 102 valence electrons. The first kappa shape index (κ1) is 14.1. The van der Waals surface area contributed by atoms with Gasteiger partial charge < -0.3 is 9.73 Å². The van der Waals surface area contributed by atoms with Crippen molar-refractivity contribution in [2.75, 3.05) is 13.1 Å². The van der Waals surface area contributed by atoms with E-state index in [1.54, 1.807) is 6.20 Å². The molecule has 0 aliphatic heterocycles. The Hall–Kier alpha value is -1.32. The summed E-state index contributed by atoms with van der Waals surface area (Å²) in [5, 5.41) is 4.10. The predicted octanol–water partition coefficient (Wildman–Crippen LogP) is 3.78. The van der Waals surface area contributed by atoms with Crippen LogP contribution < -0.4 is 5.32 Å². The Morgan fingerprint density at radius 2 is 2.00 bits per heavy atom. The summed E-state index contributed by atoms with van der Waals surface area (Å²) in [4.78, 5) is 4.29. The normalized spacial score (nSPS) is 11.2. The number of benzene rings is 1. The van der Waals surface area contributed by atoms with E-state index in [9.17, 15) is 0 Å². The Bertz CT molecular complexity index is 505. The first-order valence-electron chi connectivity index (χ1n) is 6.56. The summed E-state index contributed by atoms with van der Waals surface area (Å²) in [6.07, 6.45) is 2.57. The predicted molar refractivity (Wildman–Crippen MR) is 78.4 cm³/mol. The monoisotopic (exact) mass is 278 g/mol. The van der Waals surface area contributed by atoms with Crippen LogP contribution in [0.1, 0.15) is 19.7 Å². The third kappa shape index (κ3) is 4.37. The maximum atomic E-state index is 5.86. The highest BCUT2D eigenvalue weighted by Gasteiger charge is 2.06. The van der Waals surface area contributed by atoms with Gasteiger partial charge in [0.2, 0.25) is 0 Å². The second-order valence-electron chi connectivity index (χ2n) is 4.97. The molecule has 0 aliphatic rings. The molecule has 4 heteroatoms. The van der Waals surface area contributed by atoms with E-state index in [2.05, 4.69) is 24.1 Å². The highest BCUT2D eigenvalue weighted by atomic mass is 35.5. The molecule has 0 amide bonds. The second-order valence-corrected chi connectivity index (χ2v) is 5.41. The van der Waals surface area contributed by atoms with Gasteiger partial charge in [-0.25, -0.2) is 4.98 Å². The summed E-state index contributed by atoms with van der Waals surface area (Å²) < 4.78 is 5.72. The van der Waals surface area contributed by atoms with Crippen LogP contribution in [-0.2, 0) is 6.42 Å². The molecule has 0 radical (unpaired) electrons. The molecule has 0 spiro atoms. The molecule has 1 aromatic carbocycles. The minimum atomic E-state index is 0.661. The van der Waals surface area contributed by atoms with Crippen LogP contribution in [0.4, 0.5) is 0 Å². The SMILES string of the molecule is CC(C)CNCCc1ncc(-c2ccc(Cl)cc2)o1. The molecule has 1 heterocycles. The Morgan fingerprint density at radius 1 is 1.26 bits per heavy atom. The zero-order valence-corrected chi connectivity index (χ0v) is 12.1. The van der Waals surface area contributed by atoms with E-state index in [1.807, 2.05) is 24.3 Å². The van der Waals surface area contributed by atoms with E-state index in [4.69, 9.17) is 16.0 Å². The second kappa shape index (κ2) is 6.73. The van der Waals surface area contributed by atoms with Gasteiger partial charge in [-0.1, -0.05) is 25.4 Å². The van der Waals surface area contributed by atoms with Gasteiger partial charge in [-0.15, -0.1) is 0 Å². The van der Waals surface area contributed by atoms with Gasteiger partial charge in [-0.2, -0.15) is 0 Å². The lowest BCUT2D eigenvalue weighted by molar-refractivity contribution is 0.483. The van der Waals surface area contributed by atoms with Crippen LogP contribution in [-0.4, -0.2) is 18.1 Å². The van der Waals surface area contributed by atoms with Crippen LogP contribution in [0, 0.1) is 5.92 Å². The van der Waals surface area contributed by atoms with Gasteiger partial charge in [-0.05, 0) is 36.7 Å². The number of halogens is 1. The maximum absolute atomic E-state index is 5.86. The molecule has 0 saturated carbocycles. The van der Waals surface area contributed by atoms with E-state index in [0.29, 0.717) is 5.92 Å². The number of nitrogens with one attached hydrogen (secondary N) is 1. The smallest absolute Gasteiger partial charge is 0.196 e. The molecule has 0 fully saturated rings. The Morgan fingerprint density at radius 3 is 2.68 bits per heavy atom. The van der Waals surface area contributed by atoms with E-state index < -0.39 is 0 Å². The van der Waals surface area contributed by atoms with Gasteiger partial charge in [0, 0.05) is 23.6 Å². The number of oxazole rings is 1. The fourth-order valence-corrected chi connectivity index (χ4v) is 1.89. The van der Waals surface area contributed by atoms with Crippen molar-refractivity contribution < 1.29 is 4.42 Å². The summed E-state index contributed by atoms with van der Waals surface area (Å²) in [5.74, 6) is 2.21. The first-order chi connectivity index (χ1) is 9.15. The number of rotatable bonds is 6. The van der Waals surface area contributed by atoms with Gasteiger partial charge in [0.05, 0.1) is 6.20 Å². The number of hydrogen-bond acceptors (Lipinski definition) is 3. The Balaban J connectivity index is 1.90. The van der Waals surface area contributed by atoms with Crippen molar-refractivity contribution >= 4 is 11.6 Å². The van der Waals surface area contributed by atoms with Crippen molar-refractivity contribution in [1.82, 2.24) is 10.3 Å². The van der Waals surface area contributed by atoms with Gasteiger partial charge in [0.1, 0.15) is 0 Å². The maximum Gasteiger partial charge on any atom is 0.196 e. The van der Waals surface area contributed by atoms with Gasteiger partial charge in [0.25, 0.3) is 0 Å². The van der Waals surface area contributed by atoms with Crippen LogP contribution in [0.5, 0.6) is 0 Å². The third-order valence-corrected chi connectivity index (χ3v) is 3.00. The zero-order chi connectivity index (χ0) is 13.7. The minimum Gasteiger partial charge on any atom is -0.441 e. The molecular weight excluding hydrogens is 260 g/mol. The van der Waals surface area contributed by atoms with Crippen molar-refractivity contribution in [3.8, 4) is 11.3 Å². The van der Waals surface area contributed by atoms with Crippen molar-refractivity contribution in [1.29, 1.82) is 0 Å². The van der Waals surface area contributed by atoms with Crippen LogP contribution in [0.2, 0.25) is 5.02 Å². The minimum absolute atomic E-state index is 0.661. The van der Waals surface area contributed by atoms with E-state index in [1.165, 1.54) is 0 Å². The molecule has 1 aromatic heterocycles. The third-order valence-electron chi connectivity index (χ3n) is 2.75. The van der Waals surface area contributed by atoms with E-state index >= 15 is 0 Å². The first-order valence-corrected chi connectivity index (χ1v) is 6.94. The van der Waals surface area contributed by atoms with Gasteiger partial charge >= 0.3 is 0 Å². The molecule has 19 heavy (non-hydrogen) atoms. The summed E-state index contributed by atoms with van der Waals surface area (Å²) >= 11 is 5.86. The molecule has 1 N–H and O–H groups in total. The molecular formula is C15H19ClN2O. The lowest BCUT2D eigenvalue weighted by atomic mass is 10.2. The van der Waals surface area contributed by atoms with Crippen molar-refractivity contribution in [3.63, 3.8) is 0 Å². The van der Waals surface area contributed by atoms with E-state index in [0.717, 1.165) is 41.7 Å². The quantitative estimate of drug-likeness (QED) is 0.817. The molecule has 2 rings (SSSR count). The van der Waals surface area contributed by atoms with Crippen molar-refractivity contribution in [3.05, 3.63) is 41.4 Å². The average molecular weight is 279 g/mol. The van der Waals surface area contributed by atoms with Gasteiger partial charge in [-0.3, -0.25) is 0 Å². The number of nitrogens with zero attached hydrogens (tertiary/aromatic N) is 1. The Kier molecular flexibility index (Phi) is 5.00. The number of aromatic nitrogens is 1. The van der Waals surface area contributed by atoms with Crippen LogP contribution >= 0.6 is 11.6 Å². The largest absolute Gasteiger partial charge is 0.441 e. The molecule has 3 nitrogen and oxygen atoms in total. The molecule has 0 atom stereocenters. The molecule has 0 aliphatic carbocycles.